The van der Waals surface area contributed by atoms with Crippen molar-refractivity contribution in [3.8, 4) is 0 Å². The number of amides is 1. The minimum Gasteiger partial charge on any atom is -0.480 e. The number of methoxy groups -OCH3 is 1. The van der Waals surface area contributed by atoms with Crippen LogP contribution in [0, 0.1) is 5.92 Å². The van der Waals surface area contributed by atoms with Gasteiger partial charge >= 0.3 is 5.97 Å². The highest BCUT2D eigenvalue weighted by atomic mass is 16.5. The Morgan fingerprint density at radius 2 is 2.00 bits per heavy atom. The van der Waals surface area contributed by atoms with Gasteiger partial charge in [0.25, 0.3) is 0 Å². The van der Waals surface area contributed by atoms with E-state index < -0.39 is 12.0 Å². The van der Waals surface area contributed by atoms with Crippen molar-refractivity contribution >= 4 is 11.9 Å². The van der Waals surface area contributed by atoms with Crippen molar-refractivity contribution in [1.82, 2.24) is 5.32 Å². The van der Waals surface area contributed by atoms with E-state index in [1.807, 2.05) is 0 Å². The molecular weight excluding hydrogens is 174 g/mol. The first-order chi connectivity index (χ1) is 5.99. The predicted molar refractivity (Wildman–Crippen MR) is 46.3 cm³/mol. The van der Waals surface area contributed by atoms with E-state index >= 15 is 0 Å². The van der Waals surface area contributed by atoms with Gasteiger partial charge in [0.2, 0.25) is 5.91 Å². The lowest BCUT2D eigenvalue weighted by molar-refractivity contribution is -0.143. The van der Waals surface area contributed by atoms with E-state index in [4.69, 9.17) is 5.11 Å². The monoisotopic (exact) mass is 189 g/mol. The van der Waals surface area contributed by atoms with Crippen molar-refractivity contribution in [3.05, 3.63) is 0 Å². The molecule has 0 spiro atoms. The van der Waals surface area contributed by atoms with E-state index in [2.05, 4.69) is 10.1 Å². The number of hydrogen-bond donors (Lipinski definition) is 2. The van der Waals surface area contributed by atoms with Gasteiger partial charge in [-0.1, -0.05) is 13.8 Å². The molecule has 1 atom stereocenters. The van der Waals surface area contributed by atoms with E-state index in [0.29, 0.717) is 0 Å². The smallest absolute Gasteiger partial charge is 0.328 e. The SMILES string of the molecule is COC[C@H](NC(=O)C(C)C)C(=O)O. The van der Waals surface area contributed by atoms with Crippen LogP contribution in [-0.4, -0.2) is 36.7 Å². The summed E-state index contributed by atoms with van der Waals surface area (Å²) >= 11 is 0. The second-order valence-corrected chi connectivity index (χ2v) is 3.01. The van der Waals surface area contributed by atoms with Crippen LogP contribution in [0.5, 0.6) is 0 Å². The average Bonchev–Trinajstić information content (AvgIpc) is 2.03. The van der Waals surface area contributed by atoms with E-state index in [9.17, 15) is 9.59 Å². The quantitative estimate of drug-likeness (QED) is 0.631. The largest absolute Gasteiger partial charge is 0.480 e. The standard InChI is InChI=1S/C8H15NO4/c1-5(2)7(10)9-6(4-13-3)8(11)12/h5-6H,4H2,1-3H3,(H,9,10)(H,11,12)/t6-/m0/s1. The second kappa shape index (κ2) is 5.53. The molecule has 0 radical (unpaired) electrons. The zero-order valence-corrected chi connectivity index (χ0v) is 8.03. The maximum absolute atomic E-state index is 11.1. The Morgan fingerprint density at radius 3 is 2.31 bits per heavy atom. The van der Waals surface area contributed by atoms with E-state index in [1.54, 1.807) is 13.8 Å². The molecule has 0 aromatic rings. The molecule has 13 heavy (non-hydrogen) atoms. The number of carbonyl (C=O) groups is 2. The number of ether oxygens (including phenoxy) is 1. The Morgan fingerprint density at radius 1 is 1.46 bits per heavy atom. The fourth-order valence-corrected chi connectivity index (χ4v) is 0.680. The number of carboxylic acids is 1. The normalized spacial score (nSPS) is 12.6. The van der Waals surface area contributed by atoms with Crippen LogP contribution < -0.4 is 5.32 Å². The summed E-state index contributed by atoms with van der Waals surface area (Å²) < 4.78 is 4.65. The molecule has 0 aliphatic carbocycles. The minimum atomic E-state index is -1.09. The maximum Gasteiger partial charge on any atom is 0.328 e. The van der Waals surface area contributed by atoms with Crippen LogP contribution in [0.1, 0.15) is 13.8 Å². The molecule has 0 aromatic carbocycles. The summed E-state index contributed by atoms with van der Waals surface area (Å²) in [4.78, 5) is 21.7. The first-order valence-corrected chi connectivity index (χ1v) is 4.01. The van der Waals surface area contributed by atoms with Gasteiger partial charge in [0.05, 0.1) is 6.61 Å². The van der Waals surface area contributed by atoms with Gasteiger partial charge in [-0.2, -0.15) is 0 Å². The molecule has 0 aliphatic rings. The molecular formula is C8H15NO4. The summed E-state index contributed by atoms with van der Waals surface area (Å²) in [6.45, 7) is 3.37. The summed E-state index contributed by atoms with van der Waals surface area (Å²) in [6, 6.07) is -0.958. The predicted octanol–water partition coefficient (Wildman–Crippen LogP) is -0.142. The Labute approximate surface area is 77.1 Å². The molecule has 0 heterocycles. The Hall–Kier alpha value is -1.10. The van der Waals surface area contributed by atoms with Crippen molar-refractivity contribution < 1.29 is 19.4 Å². The van der Waals surface area contributed by atoms with Crippen molar-refractivity contribution in [3.63, 3.8) is 0 Å². The Kier molecular flexibility index (Phi) is 5.06. The molecule has 1 amide bonds. The van der Waals surface area contributed by atoms with Gasteiger partial charge in [-0.25, -0.2) is 4.79 Å². The summed E-state index contributed by atoms with van der Waals surface area (Å²) in [5.74, 6) is -1.60. The number of rotatable bonds is 5. The van der Waals surface area contributed by atoms with Gasteiger partial charge in [-0.15, -0.1) is 0 Å². The molecule has 5 nitrogen and oxygen atoms in total. The van der Waals surface area contributed by atoms with E-state index in [0.717, 1.165) is 0 Å². The van der Waals surface area contributed by atoms with E-state index in [1.165, 1.54) is 7.11 Å². The molecule has 0 aromatic heterocycles. The molecule has 0 unspecified atom stereocenters. The van der Waals surface area contributed by atoms with Crippen LogP contribution >= 0.6 is 0 Å². The number of carbonyl (C=O) groups excluding carboxylic acids is 1. The first-order valence-electron chi connectivity index (χ1n) is 4.01. The van der Waals surface area contributed by atoms with E-state index in [-0.39, 0.29) is 18.4 Å². The number of carboxylic acid groups (broad SMARTS) is 1. The third kappa shape index (κ3) is 4.47. The van der Waals surface area contributed by atoms with Crippen molar-refractivity contribution in [1.29, 1.82) is 0 Å². The van der Waals surface area contributed by atoms with Crippen molar-refractivity contribution in [2.75, 3.05) is 13.7 Å². The molecule has 0 rings (SSSR count). The van der Waals surface area contributed by atoms with Gasteiger partial charge in [0.1, 0.15) is 0 Å². The molecule has 0 fully saturated rings. The highest BCUT2D eigenvalue weighted by Gasteiger charge is 2.20. The summed E-state index contributed by atoms with van der Waals surface area (Å²) in [5, 5.41) is 11.0. The van der Waals surface area contributed by atoms with Crippen LogP contribution in [0.3, 0.4) is 0 Å². The van der Waals surface area contributed by atoms with Gasteiger partial charge in [0, 0.05) is 13.0 Å². The number of nitrogens with one attached hydrogen (secondary N) is 1. The van der Waals surface area contributed by atoms with Gasteiger partial charge in [-0.05, 0) is 0 Å². The summed E-state index contributed by atoms with van der Waals surface area (Å²) in [5.41, 5.74) is 0. The summed E-state index contributed by atoms with van der Waals surface area (Å²) in [6.07, 6.45) is 0. The van der Waals surface area contributed by atoms with Crippen LogP contribution in [0.25, 0.3) is 0 Å². The van der Waals surface area contributed by atoms with Crippen LogP contribution in [0.2, 0.25) is 0 Å². The van der Waals surface area contributed by atoms with Gasteiger partial charge in [0.15, 0.2) is 6.04 Å². The second-order valence-electron chi connectivity index (χ2n) is 3.01. The molecule has 0 bridgehead atoms. The van der Waals surface area contributed by atoms with Crippen molar-refractivity contribution in [2.45, 2.75) is 19.9 Å². The Bertz CT molecular complexity index is 191. The zero-order valence-electron chi connectivity index (χ0n) is 8.03. The topological polar surface area (TPSA) is 75.6 Å². The molecule has 0 aliphatic heterocycles. The molecule has 2 N–H and O–H groups in total. The van der Waals surface area contributed by atoms with Crippen LogP contribution in [-0.2, 0) is 14.3 Å². The van der Waals surface area contributed by atoms with Gasteiger partial charge in [-0.3, -0.25) is 4.79 Å². The fraction of sp³-hybridized carbons (Fsp3) is 0.750. The van der Waals surface area contributed by atoms with Crippen molar-refractivity contribution in [2.24, 2.45) is 5.92 Å². The third-order valence-corrected chi connectivity index (χ3v) is 1.47. The fourth-order valence-electron chi connectivity index (χ4n) is 0.680. The molecule has 0 saturated carbocycles. The lowest BCUT2D eigenvalue weighted by atomic mass is 10.2. The van der Waals surface area contributed by atoms with Gasteiger partial charge < -0.3 is 15.2 Å². The number of aliphatic carboxylic acids is 1. The molecule has 5 heteroatoms. The van der Waals surface area contributed by atoms with Crippen LogP contribution in [0.4, 0.5) is 0 Å². The lowest BCUT2D eigenvalue weighted by Crippen LogP contribution is -2.45. The highest BCUT2D eigenvalue weighted by molar-refractivity contribution is 5.84. The zero-order chi connectivity index (χ0) is 10.4. The Balaban J connectivity index is 4.10. The average molecular weight is 189 g/mol. The highest BCUT2D eigenvalue weighted by Crippen LogP contribution is 1.93. The minimum absolute atomic E-state index is 0.0200. The lowest BCUT2D eigenvalue weighted by Gasteiger charge is -2.14. The maximum atomic E-state index is 11.1. The first kappa shape index (κ1) is 11.9. The summed E-state index contributed by atoms with van der Waals surface area (Å²) in [7, 11) is 1.39. The number of hydrogen-bond acceptors (Lipinski definition) is 3. The molecule has 76 valence electrons. The molecule has 0 saturated heterocycles. The third-order valence-electron chi connectivity index (χ3n) is 1.47. The van der Waals surface area contributed by atoms with Crippen LogP contribution in [0.15, 0.2) is 0 Å².